The zero-order valence-electron chi connectivity index (χ0n) is 9.07. The van der Waals surface area contributed by atoms with Crippen molar-refractivity contribution in [2.24, 2.45) is 0 Å². The van der Waals surface area contributed by atoms with Gasteiger partial charge in [0.15, 0.2) is 0 Å². The fraction of sp³-hybridized carbons (Fsp3) is 0.250. The van der Waals surface area contributed by atoms with Gasteiger partial charge < -0.3 is 9.72 Å². The lowest BCUT2D eigenvalue weighted by molar-refractivity contribution is 0.884. The number of imidazole rings is 1. The molecule has 3 heteroatoms. The van der Waals surface area contributed by atoms with Gasteiger partial charge >= 0.3 is 0 Å². The Bertz CT molecular complexity index is 449. The van der Waals surface area contributed by atoms with Crippen LogP contribution in [0.15, 0.2) is 36.2 Å². The maximum Gasteiger partial charge on any atom is 0.137 e. The number of hydrogen-bond acceptors (Lipinski definition) is 2. The summed E-state index contributed by atoms with van der Waals surface area (Å²) in [5.74, 6) is 0. The van der Waals surface area contributed by atoms with Crippen molar-refractivity contribution in [3.05, 3.63) is 41.9 Å². The van der Waals surface area contributed by atoms with Crippen molar-refractivity contribution < 1.29 is 0 Å². The number of nitrogens with one attached hydrogen (secondary N) is 1. The van der Waals surface area contributed by atoms with Crippen LogP contribution in [0.25, 0.3) is 11.7 Å². The van der Waals surface area contributed by atoms with Crippen molar-refractivity contribution in [3.8, 4) is 0 Å². The molecule has 0 fully saturated rings. The molecule has 0 aromatic carbocycles. The van der Waals surface area contributed by atoms with Crippen LogP contribution in [0.4, 0.5) is 0 Å². The van der Waals surface area contributed by atoms with Gasteiger partial charge in [0.2, 0.25) is 0 Å². The second-order valence-electron chi connectivity index (χ2n) is 3.65. The molecule has 2 heterocycles. The number of hydrogen-bond donors (Lipinski definition) is 1. The van der Waals surface area contributed by atoms with Crippen LogP contribution >= 0.6 is 0 Å². The van der Waals surface area contributed by atoms with Crippen molar-refractivity contribution in [3.63, 3.8) is 0 Å². The summed E-state index contributed by atoms with van der Waals surface area (Å²) in [5.41, 5.74) is 3.27. The molecule has 0 unspecified atom stereocenters. The summed E-state index contributed by atoms with van der Waals surface area (Å²) in [6, 6.07) is 6.00. The molecular formula is C12H15N3. The number of aromatic nitrogens is 2. The number of nitrogens with zero attached hydrogens (tertiary/aromatic N) is 2. The predicted molar refractivity (Wildman–Crippen MR) is 62.8 cm³/mol. The van der Waals surface area contributed by atoms with Crippen LogP contribution in [0, 0.1) is 0 Å². The van der Waals surface area contributed by atoms with E-state index in [0.717, 1.165) is 17.9 Å². The lowest BCUT2D eigenvalue weighted by atomic mass is 10.2. The minimum absolute atomic E-state index is 0.897. The van der Waals surface area contributed by atoms with Crippen LogP contribution in [0.1, 0.15) is 12.6 Å². The Labute approximate surface area is 89.5 Å². The maximum atomic E-state index is 4.49. The van der Waals surface area contributed by atoms with Crippen LogP contribution < -0.4 is 5.32 Å². The summed E-state index contributed by atoms with van der Waals surface area (Å²) in [7, 11) is 1.95. The van der Waals surface area contributed by atoms with Gasteiger partial charge in [-0.1, -0.05) is 11.6 Å². The molecule has 0 saturated carbocycles. The Morgan fingerprint density at radius 1 is 1.53 bits per heavy atom. The van der Waals surface area contributed by atoms with Crippen LogP contribution in [-0.4, -0.2) is 23.0 Å². The molecule has 1 N–H and O–H groups in total. The van der Waals surface area contributed by atoms with E-state index in [1.54, 1.807) is 0 Å². The summed E-state index contributed by atoms with van der Waals surface area (Å²) < 4.78 is 2.03. The molecule has 15 heavy (non-hydrogen) atoms. The van der Waals surface area contributed by atoms with Crippen LogP contribution in [0.5, 0.6) is 0 Å². The molecule has 78 valence electrons. The fourth-order valence-electron chi connectivity index (χ4n) is 1.61. The second kappa shape index (κ2) is 4.28. The Kier molecular flexibility index (Phi) is 2.83. The largest absolute Gasteiger partial charge is 0.316 e. The van der Waals surface area contributed by atoms with Gasteiger partial charge in [-0.3, -0.25) is 0 Å². The SMILES string of the molecule is CNCC(C)=Cc1cn2ccccc2n1. The summed E-state index contributed by atoms with van der Waals surface area (Å²) in [4.78, 5) is 4.49. The molecule has 0 bridgehead atoms. The van der Waals surface area contributed by atoms with E-state index in [-0.39, 0.29) is 0 Å². The van der Waals surface area contributed by atoms with E-state index in [1.165, 1.54) is 5.57 Å². The van der Waals surface area contributed by atoms with Gasteiger partial charge in [0, 0.05) is 18.9 Å². The zero-order chi connectivity index (χ0) is 10.7. The number of pyridine rings is 1. The van der Waals surface area contributed by atoms with Gasteiger partial charge in [-0.15, -0.1) is 0 Å². The van der Waals surface area contributed by atoms with Gasteiger partial charge in [-0.05, 0) is 32.2 Å². The minimum Gasteiger partial charge on any atom is -0.316 e. The lowest BCUT2D eigenvalue weighted by Gasteiger charge is -1.96. The van der Waals surface area contributed by atoms with Gasteiger partial charge in [-0.2, -0.15) is 0 Å². The molecule has 2 aromatic heterocycles. The zero-order valence-corrected chi connectivity index (χ0v) is 9.07. The second-order valence-corrected chi connectivity index (χ2v) is 3.65. The average Bonchev–Trinajstić information content (AvgIpc) is 2.59. The molecule has 0 spiro atoms. The molecule has 0 atom stereocenters. The lowest BCUT2D eigenvalue weighted by Crippen LogP contribution is -2.08. The van der Waals surface area contributed by atoms with E-state index in [4.69, 9.17) is 0 Å². The first kappa shape index (κ1) is 9.93. The number of likely N-dealkylation sites (N-methyl/N-ethyl adjacent to an activating group) is 1. The molecule has 2 aromatic rings. The molecular weight excluding hydrogens is 186 g/mol. The third-order valence-electron chi connectivity index (χ3n) is 2.23. The van der Waals surface area contributed by atoms with Crippen molar-refractivity contribution in [1.82, 2.24) is 14.7 Å². The smallest absolute Gasteiger partial charge is 0.137 e. The van der Waals surface area contributed by atoms with Crippen molar-refractivity contribution >= 4 is 11.7 Å². The topological polar surface area (TPSA) is 29.3 Å². The van der Waals surface area contributed by atoms with Gasteiger partial charge in [-0.25, -0.2) is 4.98 Å². The van der Waals surface area contributed by atoms with E-state index < -0.39 is 0 Å². The molecule has 3 nitrogen and oxygen atoms in total. The highest BCUT2D eigenvalue weighted by atomic mass is 15.0. The summed E-state index contributed by atoms with van der Waals surface area (Å²) in [6.45, 7) is 2.99. The van der Waals surface area contributed by atoms with Crippen LogP contribution in [0.3, 0.4) is 0 Å². The molecule has 0 aliphatic rings. The highest BCUT2D eigenvalue weighted by Crippen LogP contribution is 2.08. The monoisotopic (exact) mass is 201 g/mol. The molecule has 0 amide bonds. The Morgan fingerprint density at radius 2 is 2.40 bits per heavy atom. The van der Waals surface area contributed by atoms with E-state index in [1.807, 2.05) is 42.0 Å². The standard InChI is InChI=1S/C12H15N3/c1-10(8-13-2)7-11-9-15-6-4-3-5-12(15)14-11/h3-7,9,13H,8H2,1-2H3. The fourth-order valence-corrected chi connectivity index (χ4v) is 1.61. The quantitative estimate of drug-likeness (QED) is 0.822. The summed E-state index contributed by atoms with van der Waals surface area (Å²) >= 11 is 0. The molecule has 2 rings (SSSR count). The maximum absolute atomic E-state index is 4.49. The first-order chi connectivity index (χ1) is 7.29. The minimum atomic E-state index is 0.897. The van der Waals surface area contributed by atoms with Crippen molar-refractivity contribution in [2.75, 3.05) is 13.6 Å². The van der Waals surface area contributed by atoms with E-state index in [0.29, 0.717) is 0 Å². The predicted octanol–water partition coefficient (Wildman–Crippen LogP) is 1.96. The van der Waals surface area contributed by atoms with Crippen molar-refractivity contribution in [1.29, 1.82) is 0 Å². The van der Waals surface area contributed by atoms with E-state index in [2.05, 4.69) is 23.3 Å². The molecule has 0 aliphatic heterocycles. The molecule has 0 saturated heterocycles. The van der Waals surface area contributed by atoms with Gasteiger partial charge in [0.25, 0.3) is 0 Å². The van der Waals surface area contributed by atoms with Gasteiger partial charge in [0.05, 0.1) is 5.69 Å². The summed E-state index contributed by atoms with van der Waals surface area (Å²) in [6.07, 6.45) is 6.14. The molecule has 0 radical (unpaired) electrons. The first-order valence-electron chi connectivity index (χ1n) is 5.05. The van der Waals surface area contributed by atoms with Crippen molar-refractivity contribution in [2.45, 2.75) is 6.92 Å². The van der Waals surface area contributed by atoms with Crippen LogP contribution in [-0.2, 0) is 0 Å². The highest BCUT2D eigenvalue weighted by molar-refractivity contribution is 5.53. The Balaban J connectivity index is 2.33. The Morgan fingerprint density at radius 3 is 3.13 bits per heavy atom. The highest BCUT2D eigenvalue weighted by Gasteiger charge is 1.97. The van der Waals surface area contributed by atoms with Gasteiger partial charge in [0.1, 0.15) is 5.65 Å². The third kappa shape index (κ3) is 2.25. The normalized spacial score (nSPS) is 12.3. The average molecular weight is 201 g/mol. The van der Waals surface area contributed by atoms with E-state index >= 15 is 0 Å². The Hall–Kier alpha value is -1.61. The van der Waals surface area contributed by atoms with E-state index in [9.17, 15) is 0 Å². The first-order valence-corrected chi connectivity index (χ1v) is 5.05. The number of fused-ring (bicyclic) bond motifs is 1. The third-order valence-corrected chi connectivity index (χ3v) is 2.23. The number of rotatable bonds is 3. The molecule has 0 aliphatic carbocycles. The summed E-state index contributed by atoms with van der Waals surface area (Å²) in [5, 5.41) is 3.12. The van der Waals surface area contributed by atoms with Crippen LogP contribution in [0.2, 0.25) is 0 Å².